The van der Waals surface area contributed by atoms with Gasteiger partial charge in [0.1, 0.15) is 0 Å². The molecule has 0 aromatic heterocycles. The van der Waals surface area contributed by atoms with Crippen LogP contribution in [0.4, 0.5) is 5.69 Å². The fourth-order valence-corrected chi connectivity index (χ4v) is 2.70. The van der Waals surface area contributed by atoms with Crippen molar-refractivity contribution >= 4 is 34.9 Å². The van der Waals surface area contributed by atoms with E-state index in [1.54, 1.807) is 24.3 Å². The smallest absolute Gasteiger partial charge is 0.342 e. The molecule has 0 heterocycles. The lowest BCUT2D eigenvalue weighted by Gasteiger charge is -2.14. The first kappa shape index (κ1) is 17.6. The third-order valence-corrected chi connectivity index (χ3v) is 4.16. The molecule has 0 bridgehead atoms. The Morgan fingerprint density at radius 3 is 2.65 bits per heavy atom. The fraction of sp³-hybridized carbons (Fsp3) is 0.235. The summed E-state index contributed by atoms with van der Waals surface area (Å²) in [7, 11) is 0. The summed E-state index contributed by atoms with van der Waals surface area (Å²) in [4.78, 5) is 12.1. The van der Waals surface area contributed by atoms with Crippen LogP contribution in [0.3, 0.4) is 0 Å². The molecule has 122 valence electrons. The molecule has 0 amide bonds. The van der Waals surface area contributed by atoms with Gasteiger partial charge in [-0.3, -0.25) is 0 Å². The van der Waals surface area contributed by atoms with Crippen LogP contribution in [-0.4, -0.2) is 19.4 Å². The standard InChI is InChI=1S/C17H17Cl2NO3/c1-3-22-9-23-17(21)12-6-4-5-11(16(12)20)14-13(18)8-7-10(2)15(14)19/h4-8H,3,9,20H2,1-2H3. The molecule has 0 aliphatic rings. The number of hydrogen-bond acceptors (Lipinski definition) is 4. The van der Waals surface area contributed by atoms with E-state index in [2.05, 4.69) is 0 Å². The van der Waals surface area contributed by atoms with Crippen LogP contribution in [0.1, 0.15) is 22.8 Å². The SMILES string of the molecule is CCOCOC(=O)c1cccc(-c2c(Cl)ccc(C)c2Cl)c1N. The molecule has 2 rings (SSSR count). The van der Waals surface area contributed by atoms with E-state index in [-0.39, 0.29) is 18.0 Å². The van der Waals surface area contributed by atoms with Crippen LogP contribution in [-0.2, 0) is 9.47 Å². The molecule has 0 aliphatic heterocycles. The zero-order chi connectivity index (χ0) is 17.0. The van der Waals surface area contributed by atoms with Gasteiger partial charge < -0.3 is 15.2 Å². The van der Waals surface area contributed by atoms with Crippen molar-refractivity contribution in [2.24, 2.45) is 0 Å². The minimum atomic E-state index is -0.558. The minimum Gasteiger partial charge on any atom is -0.435 e. The molecule has 2 aromatic rings. The zero-order valence-electron chi connectivity index (χ0n) is 12.9. The highest BCUT2D eigenvalue weighted by Crippen LogP contribution is 2.40. The maximum absolute atomic E-state index is 12.1. The van der Waals surface area contributed by atoms with Crippen LogP contribution in [0.25, 0.3) is 11.1 Å². The van der Waals surface area contributed by atoms with E-state index >= 15 is 0 Å². The first-order valence-corrected chi connectivity index (χ1v) is 7.81. The molecule has 0 saturated heterocycles. The molecular weight excluding hydrogens is 337 g/mol. The van der Waals surface area contributed by atoms with Gasteiger partial charge in [-0.15, -0.1) is 0 Å². The quantitative estimate of drug-likeness (QED) is 0.366. The van der Waals surface area contributed by atoms with Crippen molar-refractivity contribution in [1.29, 1.82) is 0 Å². The summed E-state index contributed by atoms with van der Waals surface area (Å²) in [5.74, 6) is -0.558. The van der Waals surface area contributed by atoms with Crippen molar-refractivity contribution in [3.8, 4) is 11.1 Å². The minimum absolute atomic E-state index is 0.120. The Morgan fingerprint density at radius 2 is 1.96 bits per heavy atom. The number of anilines is 1. The molecule has 4 nitrogen and oxygen atoms in total. The highest BCUT2D eigenvalue weighted by Gasteiger charge is 2.18. The monoisotopic (exact) mass is 353 g/mol. The molecule has 0 spiro atoms. The number of ether oxygens (including phenoxy) is 2. The first-order chi connectivity index (χ1) is 11.0. The predicted molar refractivity (Wildman–Crippen MR) is 93.0 cm³/mol. The van der Waals surface area contributed by atoms with Gasteiger partial charge in [-0.25, -0.2) is 4.79 Å². The molecule has 23 heavy (non-hydrogen) atoms. The van der Waals surface area contributed by atoms with E-state index in [1.165, 1.54) is 0 Å². The maximum Gasteiger partial charge on any atom is 0.342 e. The van der Waals surface area contributed by atoms with Crippen molar-refractivity contribution < 1.29 is 14.3 Å². The van der Waals surface area contributed by atoms with Crippen LogP contribution >= 0.6 is 23.2 Å². The van der Waals surface area contributed by atoms with E-state index in [9.17, 15) is 4.79 Å². The Balaban J connectivity index is 2.45. The lowest BCUT2D eigenvalue weighted by Crippen LogP contribution is -2.11. The number of para-hydroxylation sites is 1. The van der Waals surface area contributed by atoms with Gasteiger partial charge >= 0.3 is 5.97 Å². The average Bonchev–Trinajstić information content (AvgIpc) is 2.53. The zero-order valence-corrected chi connectivity index (χ0v) is 14.4. The van der Waals surface area contributed by atoms with Gasteiger partial charge in [0, 0.05) is 22.8 Å². The normalized spacial score (nSPS) is 10.6. The Hall–Kier alpha value is -1.75. The molecule has 0 radical (unpaired) electrons. The van der Waals surface area contributed by atoms with Crippen LogP contribution in [0.15, 0.2) is 30.3 Å². The highest BCUT2D eigenvalue weighted by molar-refractivity contribution is 6.40. The van der Waals surface area contributed by atoms with Gasteiger partial charge in [-0.1, -0.05) is 41.4 Å². The van der Waals surface area contributed by atoms with Gasteiger partial charge in [0.05, 0.1) is 16.3 Å². The third kappa shape index (κ3) is 3.78. The largest absolute Gasteiger partial charge is 0.435 e. The number of nitrogens with two attached hydrogens (primary N) is 1. The van der Waals surface area contributed by atoms with Gasteiger partial charge in [0.2, 0.25) is 0 Å². The van der Waals surface area contributed by atoms with Crippen molar-refractivity contribution in [2.45, 2.75) is 13.8 Å². The lowest BCUT2D eigenvalue weighted by atomic mass is 9.98. The summed E-state index contributed by atoms with van der Waals surface area (Å²) >= 11 is 12.6. The van der Waals surface area contributed by atoms with E-state index in [4.69, 9.17) is 38.4 Å². The van der Waals surface area contributed by atoms with Crippen LogP contribution < -0.4 is 5.73 Å². The Bertz CT molecular complexity index is 732. The Labute approximate surface area is 145 Å². The molecule has 0 aliphatic carbocycles. The topological polar surface area (TPSA) is 61.5 Å². The Morgan fingerprint density at radius 1 is 1.22 bits per heavy atom. The second-order valence-electron chi connectivity index (χ2n) is 4.86. The lowest BCUT2D eigenvalue weighted by molar-refractivity contribution is -0.0273. The van der Waals surface area contributed by atoms with Gasteiger partial charge in [-0.05, 0) is 31.5 Å². The first-order valence-electron chi connectivity index (χ1n) is 7.05. The Kier molecular flexibility index (Phi) is 5.88. The van der Waals surface area contributed by atoms with E-state index < -0.39 is 5.97 Å². The number of halogens is 2. The summed E-state index contributed by atoms with van der Waals surface area (Å²) in [6, 6.07) is 8.63. The second kappa shape index (κ2) is 7.68. The maximum atomic E-state index is 12.1. The summed E-state index contributed by atoms with van der Waals surface area (Å²) in [6.45, 7) is 4.02. The van der Waals surface area contributed by atoms with Crippen molar-refractivity contribution in [3.05, 3.63) is 51.5 Å². The van der Waals surface area contributed by atoms with Crippen molar-refractivity contribution in [1.82, 2.24) is 0 Å². The number of esters is 1. The number of benzene rings is 2. The second-order valence-corrected chi connectivity index (χ2v) is 5.65. The fourth-order valence-electron chi connectivity index (χ4n) is 2.12. The van der Waals surface area contributed by atoms with E-state index in [1.807, 2.05) is 19.9 Å². The molecule has 0 saturated carbocycles. The van der Waals surface area contributed by atoms with Gasteiger partial charge in [0.25, 0.3) is 0 Å². The molecule has 0 atom stereocenters. The van der Waals surface area contributed by atoms with Gasteiger partial charge in [0.15, 0.2) is 6.79 Å². The summed E-state index contributed by atoms with van der Waals surface area (Å²) in [5, 5.41) is 0.969. The van der Waals surface area contributed by atoms with Crippen LogP contribution in [0.5, 0.6) is 0 Å². The number of aryl methyl sites for hydroxylation is 1. The predicted octanol–water partition coefficient (Wildman–Crippen LogP) is 4.70. The van der Waals surface area contributed by atoms with Crippen molar-refractivity contribution in [3.63, 3.8) is 0 Å². The van der Waals surface area contributed by atoms with E-state index in [0.717, 1.165) is 5.56 Å². The summed E-state index contributed by atoms with van der Waals surface area (Å²) in [6.07, 6.45) is 0. The molecule has 2 aromatic carbocycles. The van der Waals surface area contributed by atoms with Crippen LogP contribution in [0, 0.1) is 6.92 Å². The number of carbonyl (C=O) groups is 1. The van der Waals surface area contributed by atoms with Gasteiger partial charge in [-0.2, -0.15) is 0 Å². The molecule has 0 fully saturated rings. The average molecular weight is 354 g/mol. The summed E-state index contributed by atoms with van der Waals surface area (Å²) in [5.41, 5.74) is 8.73. The third-order valence-electron chi connectivity index (χ3n) is 3.36. The van der Waals surface area contributed by atoms with Crippen molar-refractivity contribution in [2.75, 3.05) is 19.1 Å². The number of nitrogen functional groups attached to an aromatic ring is 1. The number of carbonyl (C=O) groups excluding carboxylic acids is 1. The van der Waals surface area contributed by atoms with Crippen LogP contribution in [0.2, 0.25) is 10.0 Å². The summed E-state index contributed by atoms with van der Waals surface area (Å²) < 4.78 is 10.0. The molecular formula is C17H17Cl2NO3. The molecule has 0 unspecified atom stereocenters. The molecule has 2 N–H and O–H groups in total. The van der Waals surface area contributed by atoms with E-state index in [0.29, 0.717) is 27.8 Å². The highest BCUT2D eigenvalue weighted by atomic mass is 35.5. The number of rotatable bonds is 5. The number of hydrogen-bond donors (Lipinski definition) is 1. The molecule has 6 heteroatoms.